The smallest absolute Gasteiger partial charge is 0.312 e. The van der Waals surface area contributed by atoms with Gasteiger partial charge in [-0.3, -0.25) is 0 Å². The Morgan fingerprint density at radius 1 is 1.50 bits per heavy atom. The van der Waals surface area contributed by atoms with Crippen LogP contribution in [0.2, 0.25) is 0 Å². The maximum absolute atomic E-state index is 5.20. The molecule has 0 saturated carbocycles. The first-order valence-corrected chi connectivity index (χ1v) is 2.91. The van der Waals surface area contributed by atoms with Gasteiger partial charge in [-0.05, 0) is 14.1 Å². The number of nitrogens with zero attached hydrogens (tertiary/aromatic N) is 3. The zero-order valence-corrected chi connectivity index (χ0v) is 6.03. The number of anilines is 1. The first kappa shape index (κ1) is 7.01. The van der Waals surface area contributed by atoms with Gasteiger partial charge in [0.15, 0.2) is 0 Å². The summed E-state index contributed by atoms with van der Waals surface area (Å²) in [5.41, 5.74) is 5.20. The molecule has 0 fully saturated rings. The van der Waals surface area contributed by atoms with Crippen molar-refractivity contribution in [3.05, 3.63) is 5.89 Å². The number of hydrogen-bond acceptors (Lipinski definition) is 5. The van der Waals surface area contributed by atoms with Gasteiger partial charge >= 0.3 is 6.01 Å². The molecule has 10 heavy (non-hydrogen) atoms. The zero-order chi connectivity index (χ0) is 7.56. The van der Waals surface area contributed by atoms with Crippen molar-refractivity contribution < 1.29 is 4.42 Å². The highest BCUT2D eigenvalue weighted by Crippen LogP contribution is 2.01. The molecule has 1 heterocycles. The standard InChI is InChI=1S/C5H10N4O/c1-9(2)3-4-7-8-5(6)10-4/h3H2,1-2H3,(H2,6,8). The molecule has 5 heteroatoms. The molecular formula is C5H10N4O. The molecule has 0 aliphatic rings. The molecule has 1 aromatic rings. The van der Waals surface area contributed by atoms with Gasteiger partial charge in [-0.15, -0.1) is 5.10 Å². The average molecular weight is 142 g/mol. The van der Waals surface area contributed by atoms with E-state index in [1.807, 2.05) is 19.0 Å². The summed E-state index contributed by atoms with van der Waals surface area (Å²) in [4.78, 5) is 1.92. The van der Waals surface area contributed by atoms with Crippen LogP contribution in [0.1, 0.15) is 5.89 Å². The highest BCUT2D eigenvalue weighted by atomic mass is 16.4. The van der Waals surface area contributed by atoms with Crippen LogP contribution in [0, 0.1) is 0 Å². The van der Waals surface area contributed by atoms with Gasteiger partial charge in [-0.25, -0.2) is 0 Å². The van der Waals surface area contributed by atoms with E-state index in [1.165, 1.54) is 0 Å². The van der Waals surface area contributed by atoms with Crippen LogP contribution in [0.5, 0.6) is 0 Å². The monoisotopic (exact) mass is 142 g/mol. The van der Waals surface area contributed by atoms with Crippen molar-refractivity contribution in [3.8, 4) is 0 Å². The van der Waals surface area contributed by atoms with Crippen molar-refractivity contribution in [2.45, 2.75) is 6.54 Å². The highest BCUT2D eigenvalue weighted by Gasteiger charge is 2.02. The maximum Gasteiger partial charge on any atom is 0.312 e. The molecule has 1 rings (SSSR count). The van der Waals surface area contributed by atoms with E-state index in [0.717, 1.165) is 0 Å². The third kappa shape index (κ3) is 1.70. The molecular weight excluding hydrogens is 132 g/mol. The summed E-state index contributed by atoms with van der Waals surface area (Å²) in [6.07, 6.45) is 0. The van der Waals surface area contributed by atoms with Crippen molar-refractivity contribution in [3.63, 3.8) is 0 Å². The predicted molar refractivity (Wildman–Crippen MR) is 36.1 cm³/mol. The lowest BCUT2D eigenvalue weighted by Gasteiger charge is -2.02. The Bertz CT molecular complexity index is 207. The van der Waals surface area contributed by atoms with E-state index >= 15 is 0 Å². The van der Waals surface area contributed by atoms with Crippen molar-refractivity contribution in [1.29, 1.82) is 0 Å². The minimum Gasteiger partial charge on any atom is -0.407 e. The number of hydrogen-bond donors (Lipinski definition) is 1. The summed E-state index contributed by atoms with van der Waals surface area (Å²) in [6, 6.07) is 0.122. The summed E-state index contributed by atoms with van der Waals surface area (Å²) in [5, 5.41) is 7.18. The summed E-state index contributed by atoms with van der Waals surface area (Å²) in [5.74, 6) is 0.544. The molecule has 0 atom stereocenters. The van der Waals surface area contributed by atoms with E-state index in [9.17, 15) is 0 Å². The van der Waals surface area contributed by atoms with Crippen LogP contribution in [0.25, 0.3) is 0 Å². The second-order valence-corrected chi connectivity index (χ2v) is 2.27. The van der Waals surface area contributed by atoms with Gasteiger partial charge in [-0.2, -0.15) is 0 Å². The third-order valence-electron chi connectivity index (χ3n) is 0.934. The molecule has 56 valence electrons. The molecule has 2 N–H and O–H groups in total. The lowest BCUT2D eigenvalue weighted by molar-refractivity contribution is 0.345. The van der Waals surface area contributed by atoms with Gasteiger partial charge in [0.2, 0.25) is 5.89 Å². The Balaban J connectivity index is 2.58. The molecule has 0 aliphatic carbocycles. The molecule has 5 nitrogen and oxygen atoms in total. The zero-order valence-electron chi connectivity index (χ0n) is 6.03. The maximum atomic E-state index is 5.20. The Hall–Kier alpha value is -1.10. The molecule has 0 aromatic carbocycles. The molecule has 0 amide bonds. The van der Waals surface area contributed by atoms with Crippen LogP contribution in [0.4, 0.5) is 6.01 Å². The third-order valence-corrected chi connectivity index (χ3v) is 0.934. The van der Waals surface area contributed by atoms with E-state index in [2.05, 4.69) is 10.2 Å². The summed E-state index contributed by atoms with van der Waals surface area (Å²) in [7, 11) is 3.83. The van der Waals surface area contributed by atoms with Gasteiger partial charge in [0.25, 0.3) is 0 Å². The number of nitrogens with two attached hydrogens (primary N) is 1. The lowest BCUT2D eigenvalue weighted by Crippen LogP contribution is -2.10. The fourth-order valence-electron chi connectivity index (χ4n) is 0.601. The summed E-state index contributed by atoms with van der Waals surface area (Å²) >= 11 is 0. The van der Waals surface area contributed by atoms with Gasteiger partial charge in [0.05, 0.1) is 6.54 Å². The van der Waals surface area contributed by atoms with Crippen LogP contribution in [-0.4, -0.2) is 29.2 Å². The Kier molecular flexibility index (Phi) is 1.86. The number of rotatable bonds is 2. The van der Waals surface area contributed by atoms with Gasteiger partial charge < -0.3 is 15.1 Å². The Labute approximate surface area is 58.8 Å². The van der Waals surface area contributed by atoms with Gasteiger partial charge in [-0.1, -0.05) is 5.10 Å². The van der Waals surface area contributed by atoms with Gasteiger partial charge in [0.1, 0.15) is 0 Å². The minimum atomic E-state index is 0.122. The highest BCUT2D eigenvalue weighted by molar-refractivity contribution is 5.04. The first-order valence-electron chi connectivity index (χ1n) is 2.91. The lowest BCUT2D eigenvalue weighted by atomic mass is 10.6. The van der Waals surface area contributed by atoms with E-state index in [4.69, 9.17) is 10.2 Å². The fraction of sp³-hybridized carbons (Fsp3) is 0.600. The Morgan fingerprint density at radius 2 is 2.20 bits per heavy atom. The quantitative estimate of drug-likeness (QED) is 0.614. The van der Waals surface area contributed by atoms with Crippen molar-refractivity contribution in [1.82, 2.24) is 15.1 Å². The van der Waals surface area contributed by atoms with E-state index in [0.29, 0.717) is 12.4 Å². The number of aromatic nitrogens is 2. The molecule has 0 spiro atoms. The van der Waals surface area contributed by atoms with E-state index in [-0.39, 0.29) is 6.01 Å². The van der Waals surface area contributed by atoms with Crippen LogP contribution in [0.15, 0.2) is 4.42 Å². The number of nitrogen functional groups attached to an aromatic ring is 1. The van der Waals surface area contributed by atoms with Crippen molar-refractivity contribution >= 4 is 6.01 Å². The second-order valence-electron chi connectivity index (χ2n) is 2.27. The normalized spacial score (nSPS) is 10.7. The molecule has 0 saturated heterocycles. The topological polar surface area (TPSA) is 68.2 Å². The van der Waals surface area contributed by atoms with Crippen molar-refractivity contribution in [2.75, 3.05) is 19.8 Å². The largest absolute Gasteiger partial charge is 0.407 e. The Morgan fingerprint density at radius 3 is 2.60 bits per heavy atom. The molecule has 0 unspecified atom stereocenters. The molecule has 0 bridgehead atoms. The predicted octanol–water partition coefficient (Wildman–Crippen LogP) is -0.287. The van der Waals surface area contributed by atoms with Crippen LogP contribution < -0.4 is 5.73 Å². The van der Waals surface area contributed by atoms with Crippen LogP contribution >= 0.6 is 0 Å². The SMILES string of the molecule is CN(C)Cc1nnc(N)o1. The van der Waals surface area contributed by atoms with E-state index in [1.54, 1.807) is 0 Å². The van der Waals surface area contributed by atoms with Crippen molar-refractivity contribution in [2.24, 2.45) is 0 Å². The minimum absolute atomic E-state index is 0.122. The van der Waals surface area contributed by atoms with Crippen LogP contribution in [0.3, 0.4) is 0 Å². The summed E-state index contributed by atoms with van der Waals surface area (Å²) in [6.45, 7) is 0.629. The average Bonchev–Trinajstić information content (AvgIpc) is 2.13. The van der Waals surface area contributed by atoms with Crippen LogP contribution in [-0.2, 0) is 6.54 Å². The second kappa shape index (κ2) is 2.66. The van der Waals surface area contributed by atoms with E-state index < -0.39 is 0 Å². The first-order chi connectivity index (χ1) is 4.68. The summed E-state index contributed by atoms with van der Waals surface area (Å²) < 4.78 is 4.91. The molecule has 1 aromatic heterocycles. The van der Waals surface area contributed by atoms with Gasteiger partial charge in [0, 0.05) is 0 Å². The molecule has 0 radical (unpaired) electrons. The fourth-order valence-corrected chi connectivity index (χ4v) is 0.601. The molecule has 0 aliphatic heterocycles.